The molecule has 1 unspecified atom stereocenters. The summed E-state index contributed by atoms with van der Waals surface area (Å²) in [6.07, 6.45) is -0.405. The van der Waals surface area contributed by atoms with Gasteiger partial charge in [0.25, 0.3) is 0 Å². The van der Waals surface area contributed by atoms with Gasteiger partial charge in [-0.3, -0.25) is 14.5 Å². The fourth-order valence-electron chi connectivity index (χ4n) is 1.76. The highest BCUT2D eigenvalue weighted by molar-refractivity contribution is 5.80. The number of hydrogen-bond acceptors (Lipinski definition) is 3. The molecule has 18 heavy (non-hydrogen) atoms. The highest BCUT2D eigenvalue weighted by atomic mass is 16.4. The van der Waals surface area contributed by atoms with Crippen molar-refractivity contribution in [3.05, 3.63) is 35.4 Å². The van der Waals surface area contributed by atoms with Gasteiger partial charge in [0.1, 0.15) is 6.04 Å². The summed E-state index contributed by atoms with van der Waals surface area (Å²) in [5.74, 6) is -2.23. The molecule has 0 aliphatic rings. The van der Waals surface area contributed by atoms with Crippen LogP contribution in [0.25, 0.3) is 0 Å². The first-order chi connectivity index (χ1) is 8.41. The lowest BCUT2D eigenvalue weighted by molar-refractivity contribution is -0.149. The zero-order valence-electron chi connectivity index (χ0n) is 10.5. The zero-order valence-corrected chi connectivity index (χ0v) is 10.5. The van der Waals surface area contributed by atoms with Gasteiger partial charge in [0, 0.05) is 6.54 Å². The van der Waals surface area contributed by atoms with Crippen LogP contribution in [0.2, 0.25) is 0 Å². The van der Waals surface area contributed by atoms with Crippen molar-refractivity contribution >= 4 is 11.9 Å². The van der Waals surface area contributed by atoms with E-state index in [1.54, 1.807) is 11.9 Å². The van der Waals surface area contributed by atoms with E-state index in [4.69, 9.17) is 10.2 Å². The van der Waals surface area contributed by atoms with E-state index in [0.717, 1.165) is 11.1 Å². The molecule has 1 rings (SSSR count). The summed E-state index contributed by atoms with van der Waals surface area (Å²) < 4.78 is 0. The Hall–Kier alpha value is -1.88. The molecule has 0 fully saturated rings. The summed E-state index contributed by atoms with van der Waals surface area (Å²) >= 11 is 0. The SMILES string of the molecule is Cc1ccccc1CN(C)C(CC(=O)O)C(=O)O. The molecule has 2 N–H and O–H groups in total. The predicted octanol–water partition coefficient (Wildman–Crippen LogP) is 1.35. The van der Waals surface area contributed by atoms with Crippen LogP contribution in [0.5, 0.6) is 0 Å². The van der Waals surface area contributed by atoms with E-state index >= 15 is 0 Å². The van der Waals surface area contributed by atoms with Gasteiger partial charge in [-0.1, -0.05) is 24.3 Å². The minimum Gasteiger partial charge on any atom is -0.481 e. The van der Waals surface area contributed by atoms with E-state index < -0.39 is 24.4 Å². The van der Waals surface area contributed by atoms with E-state index in [1.165, 1.54) is 0 Å². The summed E-state index contributed by atoms with van der Waals surface area (Å²) in [6, 6.07) is 6.62. The first kappa shape index (κ1) is 14.2. The lowest BCUT2D eigenvalue weighted by Crippen LogP contribution is -2.39. The van der Waals surface area contributed by atoms with Crippen molar-refractivity contribution in [3.8, 4) is 0 Å². The average molecular weight is 251 g/mol. The summed E-state index contributed by atoms with van der Waals surface area (Å²) in [7, 11) is 1.62. The first-order valence-corrected chi connectivity index (χ1v) is 5.61. The minimum absolute atomic E-state index is 0.405. The first-order valence-electron chi connectivity index (χ1n) is 5.61. The molecule has 5 nitrogen and oxygen atoms in total. The summed E-state index contributed by atoms with van der Waals surface area (Å²) in [4.78, 5) is 23.2. The third-order valence-electron chi connectivity index (χ3n) is 2.87. The fraction of sp³-hybridized carbons (Fsp3) is 0.385. The molecule has 0 saturated carbocycles. The van der Waals surface area contributed by atoms with Crippen molar-refractivity contribution in [1.29, 1.82) is 0 Å². The van der Waals surface area contributed by atoms with Gasteiger partial charge in [-0.15, -0.1) is 0 Å². The maximum atomic E-state index is 11.0. The number of carbonyl (C=O) groups is 2. The van der Waals surface area contributed by atoms with Crippen molar-refractivity contribution in [2.24, 2.45) is 0 Å². The molecule has 0 bridgehead atoms. The van der Waals surface area contributed by atoms with E-state index in [1.807, 2.05) is 31.2 Å². The maximum absolute atomic E-state index is 11.0. The molecule has 0 aromatic heterocycles. The van der Waals surface area contributed by atoms with Crippen molar-refractivity contribution in [3.63, 3.8) is 0 Å². The number of benzene rings is 1. The third-order valence-corrected chi connectivity index (χ3v) is 2.87. The van der Waals surface area contributed by atoms with E-state index in [9.17, 15) is 9.59 Å². The highest BCUT2D eigenvalue weighted by Gasteiger charge is 2.25. The fourth-order valence-corrected chi connectivity index (χ4v) is 1.76. The molecule has 1 atom stereocenters. The second kappa shape index (κ2) is 6.16. The number of hydrogen-bond donors (Lipinski definition) is 2. The van der Waals surface area contributed by atoms with Gasteiger partial charge < -0.3 is 10.2 Å². The lowest BCUT2D eigenvalue weighted by Gasteiger charge is -2.24. The molecule has 0 amide bonds. The number of nitrogens with zero attached hydrogens (tertiary/aromatic N) is 1. The van der Waals surface area contributed by atoms with Gasteiger partial charge in [0.05, 0.1) is 6.42 Å². The summed E-state index contributed by atoms with van der Waals surface area (Å²) in [5.41, 5.74) is 2.06. The molecule has 98 valence electrons. The third kappa shape index (κ3) is 3.85. The molecule has 1 aromatic carbocycles. The quantitative estimate of drug-likeness (QED) is 0.798. The lowest BCUT2D eigenvalue weighted by atomic mass is 10.1. The molecule has 0 aliphatic heterocycles. The molecular formula is C13H17NO4. The van der Waals surface area contributed by atoms with Gasteiger partial charge in [-0.2, -0.15) is 0 Å². The molecule has 0 heterocycles. The smallest absolute Gasteiger partial charge is 0.321 e. The van der Waals surface area contributed by atoms with Crippen molar-refractivity contribution < 1.29 is 19.8 Å². The largest absolute Gasteiger partial charge is 0.481 e. The summed E-state index contributed by atoms with van der Waals surface area (Å²) in [6.45, 7) is 2.35. The molecule has 0 radical (unpaired) electrons. The number of aryl methyl sites for hydroxylation is 1. The van der Waals surface area contributed by atoms with E-state index in [0.29, 0.717) is 6.54 Å². The number of carboxylic acids is 2. The second-order valence-electron chi connectivity index (χ2n) is 4.29. The highest BCUT2D eigenvalue weighted by Crippen LogP contribution is 2.13. The molecular weight excluding hydrogens is 234 g/mol. The predicted molar refractivity (Wildman–Crippen MR) is 66.3 cm³/mol. The average Bonchev–Trinajstić information content (AvgIpc) is 2.28. The Kier molecular flexibility index (Phi) is 4.85. The standard InChI is InChI=1S/C13H17NO4/c1-9-5-3-4-6-10(9)8-14(2)11(13(17)18)7-12(15)16/h3-6,11H,7-8H2,1-2H3,(H,15,16)(H,17,18). The normalized spacial score (nSPS) is 12.4. The van der Waals surface area contributed by atoms with Crippen molar-refractivity contribution in [2.45, 2.75) is 25.9 Å². The van der Waals surface area contributed by atoms with E-state index in [2.05, 4.69) is 0 Å². The Labute approximate surface area is 106 Å². The molecule has 0 aliphatic carbocycles. The van der Waals surface area contributed by atoms with Gasteiger partial charge in [0.15, 0.2) is 0 Å². The van der Waals surface area contributed by atoms with Gasteiger partial charge >= 0.3 is 11.9 Å². The zero-order chi connectivity index (χ0) is 13.7. The van der Waals surface area contributed by atoms with Crippen LogP contribution in [-0.4, -0.2) is 40.1 Å². The Bertz CT molecular complexity index is 444. The Morgan fingerprint density at radius 1 is 1.28 bits per heavy atom. The van der Waals surface area contributed by atoms with Crippen LogP contribution in [0.15, 0.2) is 24.3 Å². The van der Waals surface area contributed by atoms with Crippen LogP contribution in [0.4, 0.5) is 0 Å². The van der Waals surface area contributed by atoms with Crippen LogP contribution in [-0.2, 0) is 16.1 Å². The number of carboxylic acid groups (broad SMARTS) is 2. The topological polar surface area (TPSA) is 77.8 Å². The van der Waals surface area contributed by atoms with Crippen molar-refractivity contribution in [2.75, 3.05) is 7.05 Å². The molecule has 1 aromatic rings. The number of likely N-dealkylation sites (N-methyl/N-ethyl adjacent to an activating group) is 1. The monoisotopic (exact) mass is 251 g/mol. The Morgan fingerprint density at radius 3 is 2.39 bits per heavy atom. The second-order valence-corrected chi connectivity index (χ2v) is 4.29. The van der Waals surface area contributed by atoms with E-state index in [-0.39, 0.29) is 0 Å². The molecule has 0 saturated heterocycles. The van der Waals surface area contributed by atoms with Gasteiger partial charge in [0.2, 0.25) is 0 Å². The molecule has 5 heteroatoms. The van der Waals surface area contributed by atoms with Crippen LogP contribution in [0.1, 0.15) is 17.5 Å². The van der Waals surface area contributed by atoms with Gasteiger partial charge in [-0.25, -0.2) is 0 Å². The van der Waals surface area contributed by atoms with Crippen LogP contribution in [0, 0.1) is 6.92 Å². The maximum Gasteiger partial charge on any atom is 0.321 e. The number of aliphatic carboxylic acids is 2. The van der Waals surface area contributed by atoms with Crippen LogP contribution < -0.4 is 0 Å². The minimum atomic E-state index is -1.12. The number of rotatable bonds is 6. The Balaban J connectivity index is 2.79. The molecule has 0 spiro atoms. The van der Waals surface area contributed by atoms with Crippen LogP contribution in [0.3, 0.4) is 0 Å². The summed E-state index contributed by atoms with van der Waals surface area (Å²) in [5, 5.41) is 17.7. The van der Waals surface area contributed by atoms with Crippen molar-refractivity contribution in [1.82, 2.24) is 4.90 Å². The van der Waals surface area contributed by atoms with Crippen LogP contribution >= 0.6 is 0 Å². The van der Waals surface area contributed by atoms with Gasteiger partial charge in [-0.05, 0) is 25.1 Å². The Morgan fingerprint density at radius 2 is 1.89 bits per heavy atom.